The molecule has 0 bridgehead atoms. The predicted octanol–water partition coefficient (Wildman–Crippen LogP) is 8.41. The van der Waals surface area contributed by atoms with E-state index in [1.54, 1.807) is 12.1 Å². The Morgan fingerprint density at radius 2 is 0.909 bits per heavy atom. The van der Waals surface area contributed by atoms with Crippen LogP contribution < -0.4 is 10.6 Å². The normalized spacial score (nSPS) is 10.8. The Morgan fingerprint density at radius 3 is 1.27 bits per heavy atom. The first-order valence-electron chi connectivity index (χ1n) is 13.7. The number of pyridine rings is 1. The number of nitrogens with zero attached hydrogens (tertiary/aromatic N) is 1. The van der Waals surface area contributed by atoms with Gasteiger partial charge in [-0.2, -0.15) is 0 Å². The maximum Gasteiger partial charge on any atom is 0.225 e. The molecule has 5 heteroatoms. The van der Waals surface area contributed by atoms with Crippen molar-refractivity contribution in [2.75, 3.05) is 10.6 Å². The predicted molar refractivity (Wildman–Crippen MR) is 141 cm³/mol. The second kappa shape index (κ2) is 20.7. The number of unbranched alkanes of at least 4 members (excludes halogenated alkanes) is 15. The van der Waals surface area contributed by atoms with Gasteiger partial charge in [-0.1, -0.05) is 116 Å². The van der Waals surface area contributed by atoms with E-state index in [9.17, 15) is 9.59 Å². The van der Waals surface area contributed by atoms with E-state index >= 15 is 0 Å². The third-order valence-corrected chi connectivity index (χ3v) is 6.05. The summed E-state index contributed by atoms with van der Waals surface area (Å²) < 4.78 is 0. The highest BCUT2D eigenvalue weighted by Crippen LogP contribution is 2.14. The molecule has 0 aliphatic rings. The Kier molecular flexibility index (Phi) is 18.2. The van der Waals surface area contributed by atoms with E-state index in [1.807, 2.05) is 6.07 Å². The molecule has 0 unspecified atom stereocenters. The molecule has 1 aromatic rings. The second-order valence-corrected chi connectivity index (χ2v) is 9.31. The van der Waals surface area contributed by atoms with Crippen molar-refractivity contribution in [3.05, 3.63) is 18.2 Å². The Morgan fingerprint density at radius 1 is 0.576 bits per heavy atom. The minimum Gasteiger partial charge on any atom is -0.311 e. The SMILES string of the molecule is CCCCCCCCCCCC(=O)Nc1cccc(NC(=O)CCCCCCCCCC)n1. The number of rotatable bonds is 21. The van der Waals surface area contributed by atoms with Crippen molar-refractivity contribution in [1.82, 2.24) is 4.98 Å². The molecular weight excluding hydrogens is 410 g/mol. The van der Waals surface area contributed by atoms with E-state index in [0.29, 0.717) is 24.5 Å². The summed E-state index contributed by atoms with van der Waals surface area (Å²) in [6.45, 7) is 4.47. The van der Waals surface area contributed by atoms with Crippen LogP contribution in [0.4, 0.5) is 11.6 Å². The lowest BCUT2D eigenvalue weighted by Crippen LogP contribution is -2.15. The zero-order chi connectivity index (χ0) is 24.0. The molecule has 2 amide bonds. The van der Waals surface area contributed by atoms with Crippen LogP contribution in [-0.4, -0.2) is 16.8 Å². The fourth-order valence-electron chi connectivity index (χ4n) is 4.00. The lowest BCUT2D eigenvalue weighted by Gasteiger charge is -2.08. The van der Waals surface area contributed by atoms with Gasteiger partial charge < -0.3 is 10.6 Å². The highest BCUT2D eigenvalue weighted by Gasteiger charge is 2.07. The fraction of sp³-hybridized carbons (Fsp3) is 0.750. The van der Waals surface area contributed by atoms with Crippen molar-refractivity contribution in [3.63, 3.8) is 0 Å². The highest BCUT2D eigenvalue weighted by molar-refractivity contribution is 5.91. The standard InChI is InChI=1S/C28H49N3O2/c1-3-5-7-9-11-13-15-17-19-24-28(33)31-26-22-20-21-25(29-26)30-27(32)23-18-16-14-12-10-8-6-4-2/h20-22H,3-19,23-24H2,1-2H3,(H2,29,30,31,32,33). The Balaban J connectivity index is 2.14. The number of aromatic nitrogens is 1. The van der Waals surface area contributed by atoms with Gasteiger partial charge in [-0.05, 0) is 25.0 Å². The molecule has 0 aliphatic heterocycles. The molecule has 1 aromatic heterocycles. The van der Waals surface area contributed by atoms with E-state index < -0.39 is 0 Å². The maximum atomic E-state index is 12.2. The average molecular weight is 460 g/mol. The van der Waals surface area contributed by atoms with Crippen molar-refractivity contribution < 1.29 is 9.59 Å². The molecule has 1 rings (SSSR count). The third kappa shape index (κ3) is 17.3. The molecule has 0 spiro atoms. The molecule has 0 saturated heterocycles. The highest BCUT2D eigenvalue weighted by atomic mass is 16.2. The van der Waals surface area contributed by atoms with Crippen LogP contribution in [0, 0.1) is 0 Å². The molecule has 0 radical (unpaired) electrons. The molecule has 0 aliphatic carbocycles. The molecule has 0 atom stereocenters. The zero-order valence-corrected chi connectivity index (χ0v) is 21.4. The third-order valence-electron chi connectivity index (χ3n) is 6.05. The van der Waals surface area contributed by atoms with Crippen molar-refractivity contribution in [3.8, 4) is 0 Å². The average Bonchev–Trinajstić information content (AvgIpc) is 2.80. The molecule has 1 heterocycles. The number of amides is 2. The van der Waals surface area contributed by atoms with Crippen molar-refractivity contribution in [2.24, 2.45) is 0 Å². The van der Waals surface area contributed by atoms with Crippen molar-refractivity contribution in [2.45, 2.75) is 136 Å². The number of hydrogen-bond acceptors (Lipinski definition) is 3. The van der Waals surface area contributed by atoms with Gasteiger partial charge in [0.25, 0.3) is 0 Å². The summed E-state index contributed by atoms with van der Waals surface area (Å²) in [5, 5.41) is 5.72. The summed E-state index contributed by atoms with van der Waals surface area (Å²) in [4.78, 5) is 28.8. The van der Waals surface area contributed by atoms with Gasteiger partial charge in [0.05, 0.1) is 0 Å². The van der Waals surface area contributed by atoms with E-state index in [4.69, 9.17) is 0 Å². The summed E-state index contributed by atoms with van der Waals surface area (Å²) in [6, 6.07) is 5.34. The van der Waals surface area contributed by atoms with Crippen LogP contribution in [-0.2, 0) is 9.59 Å². The van der Waals surface area contributed by atoms with Crippen molar-refractivity contribution in [1.29, 1.82) is 0 Å². The van der Waals surface area contributed by atoms with E-state index in [-0.39, 0.29) is 11.8 Å². The van der Waals surface area contributed by atoms with Gasteiger partial charge in [0.2, 0.25) is 11.8 Å². The van der Waals surface area contributed by atoms with Crippen molar-refractivity contribution >= 4 is 23.5 Å². The molecule has 2 N–H and O–H groups in total. The Hall–Kier alpha value is -1.91. The lowest BCUT2D eigenvalue weighted by atomic mass is 10.1. The first kappa shape index (κ1) is 29.1. The maximum absolute atomic E-state index is 12.2. The smallest absolute Gasteiger partial charge is 0.225 e. The Labute approximate surface area is 202 Å². The summed E-state index contributed by atoms with van der Waals surface area (Å²) in [6.07, 6.45) is 21.9. The molecule has 5 nitrogen and oxygen atoms in total. The summed E-state index contributed by atoms with van der Waals surface area (Å²) >= 11 is 0. The van der Waals surface area contributed by atoms with Crippen LogP contribution in [0.2, 0.25) is 0 Å². The summed E-state index contributed by atoms with van der Waals surface area (Å²) in [7, 11) is 0. The van der Waals surface area contributed by atoms with E-state index in [1.165, 1.54) is 83.5 Å². The number of nitrogens with one attached hydrogen (secondary N) is 2. The van der Waals surface area contributed by atoms with E-state index in [2.05, 4.69) is 29.5 Å². The topological polar surface area (TPSA) is 71.1 Å². The van der Waals surface area contributed by atoms with E-state index in [0.717, 1.165) is 25.7 Å². The van der Waals surface area contributed by atoms with Crippen LogP contribution in [0.25, 0.3) is 0 Å². The molecule has 33 heavy (non-hydrogen) atoms. The minimum absolute atomic E-state index is 0.00661. The van der Waals surface area contributed by atoms with Gasteiger partial charge in [0.15, 0.2) is 0 Å². The van der Waals surface area contributed by atoms with Gasteiger partial charge in [-0.25, -0.2) is 4.98 Å². The van der Waals surface area contributed by atoms with Gasteiger partial charge in [-0.15, -0.1) is 0 Å². The number of anilines is 2. The number of carbonyl (C=O) groups is 2. The second-order valence-electron chi connectivity index (χ2n) is 9.31. The first-order chi connectivity index (χ1) is 16.2. The van der Waals surface area contributed by atoms with Gasteiger partial charge in [0, 0.05) is 12.8 Å². The molecule has 0 aromatic carbocycles. The van der Waals surface area contributed by atoms with Crippen LogP contribution in [0.1, 0.15) is 136 Å². The number of carbonyl (C=O) groups excluding carboxylic acids is 2. The van der Waals surface area contributed by atoms with Gasteiger partial charge in [0.1, 0.15) is 11.6 Å². The van der Waals surface area contributed by atoms with Gasteiger partial charge in [-0.3, -0.25) is 9.59 Å². The minimum atomic E-state index is -0.00773. The molecule has 0 fully saturated rings. The first-order valence-corrected chi connectivity index (χ1v) is 13.7. The molecule has 0 saturated carbocycles. The van der Waals surface area contributed by atoms with Crippen LogP contribution in [0.15, 0.2) is 18.2 Å². The summed E-state index contributed by atoms with van der Waals surface area (Å²) in [5.41, 5.74) is 0. The molecule has 188 valence electrons. The number of hydrogen-bond donors (Lipinski definition) is 2. The van der Waals surface area contributed by atoms with Crippen LogP contribution in [0.3, 0.4) is 0 Å². The summed E-state index contributed by atoms with van der Waals surface area (Å²) in [5.74, 6) is 0.987. The lowest BCUT2D eigenvalue weighted by molar-refractivity contribution is -0.117. The van der Waals surface area contributed by atoms with Gasteiger partial charge >= 0.3 is 0 Å². The van der Waals surface area contributed by atoms with Crippen LogP contribution >= 0.6 is 0 Å². The largest absolute Gasteiger partial charge is 0.311 e. The molecular formula is C28H49N3O2. The van der Waals surface area contributed by atoms with Crippen LogP contribution in [0.5, 0.6) is 0 Å². The fourth-order valence-corrected chi connectivity index (χ4v) is 4.00. The monoisotopic (exact) mass is 459 g/mol. The zero-order valence-electron chi connectivity index (χ0n) is 21.4. The quantitative estimate of drug-likeness (QED) is 0.181. The Bertz CT molecular complexity index is 633.